The highest BCUT2D eigenvalue weighted by atomic mass is 79.9. The molecule has 20 heavy (non-hydrogen) atoms. The van der Waals surface area contributed by atoms with E-state index < -0.39 is 6.10 Å². The Morgan fingerprint density at radius 3 is 2.25 bits per heavy atom. The van der Waals surface area contributed by atoms with Crippen molar-refractivity contribution in [1.29, 1.82) is 0 Å². The van der Waals surface area contributed by atoms with Gasteiger partial charge in [0, 0.05) is 4.47 Å². The van der Waals surface area contributed by atoms with Crippen LogP contribution in [0.15, 0.2) is 46.9 Å². The SMILES string of the molecule is Cc1ccc(C(O)c2ccc(OC(C)C)cc2)c(Br)c1. The number of hydrogen-bond acceptors (Lipinski definition) is 2. The van der Waals surface area contributed by atoms with Crippen molar-refractivity contribution in [2.75, 3.05) is 0 Å². The molecule has 106 valence electrons. The monoisotopic (exact) mass is 334 g/mol. The maximum Gasteiger partial charge on any atom is 0.119 e. The predicted molar refractivity (Wildman–Crippen MR) is 85.1 cm³/mol. The molecule has 0 aliphatic heterocycles. The van der Waals surface area contributed by atoms with Crippen molar-refractivity contribution in [1.82, 2.24) is 0 Å². The summed E-state index contributed by atoms with van der Waals surface area (Å²) >= 11 is 3.51. The Bertz CT molecular complexity index is 576. The van der Waals surface area contributed by atoms with E-state index in [1.165, 1.54) is 0 Å². The third-order valence-corrected chi connectivity index (χ3v) is 3.70. The Morgan fingerprint density at radius 2 is 1.70 bits per heavy atom. The van der Waals surface area contributed by atoms with Gasteiger partial charge >= 0.3 is 0 Å². The summed E-state index contributed by atoms with van der Waals surface area (Å²) in [5, 5.41) is 10.5. The van der Waals surface area contributed by atoms with E-state index in [9.17, 15) is 5.11 Å². The zero-order valence-corrected chi connectivity index (χ0v) is 13.5. The Labute approximate surface area is 128 Å². The highest BCUT2D eigenvalue weighted by Gasteiger charge is 2.13. The van der Waals surface area contributed by atoms with Crippen LogP contribution in [0.25, 0.3) is 0 Å². The second kappa shape index (κ2) is 6.42. The van der Waals surface area contributed by atoms with E-state index >= 15 is 0 Å². The number of aliphatic hydroxyl groups excluding tert-OH is 1. The lowest BCUT2D eigenvalue weighted by atomic mass is 10.0. The standard InChI is InChI=1S/C17H19BrO2/c1-11(2)20-14-7-5-13(6-8-14)17(19)15-9-4-12(3)10-16(15)18/h4-11,17,19H,1-3H3. The van der Waals surface area contributed by atoms with Gasteiger partial charge in [0.2, 0.25) is 0 Å². The van der Waals surface area contributed by atoms with Gasteiger partial charge in [-0.25, -0.2) is 0 Å². The van der Waals surface area contributed by atoms with Crippen LogP contribution in [-0.4, -0.2) is 11.2 Å². The van der Waals surface area contributed by atoms with Gasteiger partial charge in [-0.1, -0.05) is 40.2 Å². The highest BCUT2D eigenvalue weighted by molar-refractivity contribution is 9.10. The van der Waals surface area contributed by atoms with Crippen molar-refractivity contribution < 1.29 is 9.84 Å². The second-order valence-electron chi connectivity index (χ2n) is 5.16. The Hall–Kier alpha value is -1.32. The number of aliphatic hydroxyl groups is 1. The van der Waals surface area contributed by atoms with Crippen molar-refractivity contribution in [3.8, 4) is 5.75 Å². The Balaban J connectivity index is 2.22. The second-order valence-corrected chi connectivity index (χ2v) is 6.02. The van der Waals surface area contributed by atoms with E-state index in [1.807, 2.05) is 63.2 Å². The minimum atomic E-state index is -0.641. The first-order valence-corrected chi connectivity index (χ1v) is 7.47. The molecule has 0 spiro atoms. The van der Waals surface area contributed by atoms with Gasteiger partial charge in [-0.15, -0.1) is 0 Å². The molecule has 0 bridgehead atoms. The van der Waals surface area contributed by atoms with Crippen molar-refractivity contribution in [2.24, 2.45) is 0 Å². The molecular formula is C17H19BrO2. The first-order valence-electron chi connectivity index (χ1n) is 6.68. The fourth-order valence-corrected chi connectivity index (χ4v) is 2.74. The van der Waals surface area contributed by atoms with Gasteiger partial charge in [-0.05, 0) is 55.7 Å². The normalized spacial score (nSPS) is 12.5. The van der Waals surface area contributed by atoms with Crippen LogP contribution in [0.4, 0.5) is 0 Å². The first kappa shape index (κ1) is 15.1. The number of rotatable bonds is 4. The maximum atomic E-state index is 10.5. The molecule has 1 N–H and O–H groups in total. The lowest BCUT2D eigenvalue weighted by Crippen LogP contribution is -2.06. The number of aryl methyl sites for hydroxylation is 1. The molecule has 0 radical (unpaired) electrons. The van der Waals surface area contributed by atoms with E-state index in [4.69, 9.17) is 4.74 Å². The molecule has 2 nitrogen and oxygen atoms in total. The topological polar surface area (TPSA) is 29.5 Å². The average Bonchev–Trinajstić information content (AvgIpc) is 2.38. The molecule has 0 amide bonds. The molecule has 3 heteroatoms. The summed E-state index contributed by atoms with van der Waals surface area (Å²) in [6.07, 6.45) is -0.491. The molecule has 1 unspecified atom stereocenters. The van der Waals surface area contributed by atoms with E-state index in [0.29, 0.717) is 0 Å². The third-order valence-electron chi connectivity index (χ3n) is 3.02. The molecule has 0 aromatic heterocycles. The largest absolute Gasteiger partial charge is 0.491 e. The van der Waals surface area contributed by atoms with Gasteiger partial charge in [-0.2, -0.15) is 0 Å². The zero-order chi connectivity index (χ0) is 14.7. The predicted octanol–water partition coefficient (Wildman–Crippen LogP) is 4.63. The molecule has 2 aromatic carbocycles. The number of benzene rings is 2. The van der Waals surface area contributed by atoms with Gasteiger partial charge in [0.05, 0.1) is 6.10 Å². The van der Waals surface area contributed by atoms with Crippen molar-refractivity contribution in [2.45, 2.75) is 33.0 Å². The third kappa shape index (κ3) is 3.62. The van der Waals surface area contributed by atoms with Crippen LogP contribution in [0.1, 0.15) is 36.6 Å². The van der Waals surface area contributed by atoms with Gasteiger partial charge in [0.1, 0.15) is 11.9 Å². The van der Waals surface area contributed by atoms with E-state index in [0.717, 1.165) is 26.9 Å². The van der Waals surface area contributed by atoms with E-state index in [-0.39, 0.29) is 6.10 Å². The Morgan fingerprint density at radius 1 is 1.05 bits per heavy atom. The van der Waals surface area contributed by atoms with Crippen molar-refractivity contribution in [3.63, 3.8) is 0 Å². The zero-order valence-electron chi connectivity index (χ0n) is 11.9. The van der Waals surface area contributed by atoms with Crippen LogP contribution >= 0.6 is 15.9 Å². The summed E-state index contributed by atoms with van der Waals surface area (Å²) in [4.78, 5) is 0. The molecule has 0 saturated heterocycles. The van der Waals surface area contributed by atoms with Crippen LogP contribution in [0.3, 0.4) is 0 Å². The van der Waals surface area contributed by atoms with Crippen LogP contribution in [0.2, 0.25) is 0 Å². The molecule has 0 aliphatic carbocycles. The molecule has 0 aliphatic rings. The highest BCUT2D eigenvalue weighted by Crippen LogP contribution is 2.30. The summed E-state index contributed by atoms with van der Waals surface area (Å²) in [5.74, 6) is 0.818. The molecular weight excluding hydrogens is 316 g/mol. The number of hydrogen-bond donors (Lipinski definition) is 1. The van der Waals surface area contributed by atoms with Gasteiger partial charge < -0.3 is 9.84 Å². The van der Waals surface area contributed by atoms with Crippen LogP contribution < -0.4 is 4.74 Å². The summed E-state index contributed by atoms with van der Waals surface area (Å²) < 4.78 is 6.53. The molecule has 0 saturated carbocycles. The van der Waals surface area contributed by atoms with Crippen molar-refractivity contribution >= 4 is 15.9 Å². The molecule has 1 atom stereocenters. The van der Waals surface area contributed by atoms with Gasteiger partial charge in [0.15, 0.2) is 0 Å². The summed E-state index contributed by atoms with van der Waals surface area (Å²) in [7, 11) is 0. The minimum absolute atomic E-state index is 0.150. The van der Waals surface area contributed by atoms with Crippen molar-refractivity contribution in [3.05, 3.63) is 63.6 Å². The summed E-state index contributed by atoms with van der Waals surface area (Å²) in [6.45, 7) is 6.01. The van der Waals surface area contributed by atoms with Gasteiger partial charge in [-0.3, -0.25) is 0 Å². The minimum Gasteiger partial charge on any atom is -0.491 e. The quantitative estimate of drug-likeness (QED) is 0.883. The molecule has 0 fully saturated rings. The summed E-state index contributed by atoms with van der Waals surface area (Å²) in [5.41, 5.74) is 2.88. The van der Waals surface area contributed by atoms with Crippen LogP contribution in [0.5, 0.6) is 5.75 Å². The smallest absolute Gasteiger partial charge is 0.119 e. The first-order chi connectivity index (χ1) is 9.47. The molecule has 0 heterocycles. The van der Waals surface area contributed by atoms with E-state index in [1.54, 1.807) is 0 Å². The van der Waals surface area contributed by atoms with Crippen LogP contribution in [0, 0.1) is 6.92 Å². The lowest BCUT2D eigenvalue weighted by Gasteiger charge is -2.15. The lowest BCUT2D eigenvalue weighted by molar-refractivity contribution is 0.218. The fourth-order valence-electron chi connectivity index (χ4n) is 2.03. The molecule has 2 aromatic rings. The number of ether oxygens (including phenoxy) is 1. The van der Waals surface area contributed by atoms with E-state index in [2.05, 4.69) is 15.9 Å². The van der Waals surface area contributed by atoms with Gasteiger partial charge in [0.25, 0.3) is 0 Å². The number of halogens is 1. The maximum absolute atomic E-state index is 10.5. The Kier molecular flexibility index (Phi) is 4.84. The molecule has 2 rings (SSSR count). The van der Waals surface area contributed by atoms with Crippen LogP contribution in [-0.2, 0) is 0 Å². The average molecular weight is 335 g/mol. The fraction of sp³-hybridized carbons (Fsp3) is 0.294. The summed E-state index contributed by atoms with van der Waals surface area (Å²) in [6, 6.07) is 13.5.